The van der Waals surface area contributed by atoms with Crippen LogP contribution in [0.2, 0.25) is 0 Å². The monoisotopic (exact) mass is 167 g/mol. The maximum Gasteiger partial charge on any atom is 0.269 e. The van der Waals surface area contributed by atoms with Gasteiger partial charge < -0.3 is 4.84 Å². The van der Waals surface area contributed by atoms with E-state index in [0.717, 1.165) is 0 Å². The van der Waals surface area contributed by atoms with Crippen molar-refractivity contribution in [2.75, 3.05) is 0 Å². The second-order valence-electron chi connectivity index (χ2n) is 2.12. The molecule has 2 N–H and O–H groups in total. The van der Waals surface area contributed by atoms with Gasteiger partial charge in [-0.25, -0.2) is 5.84 Å². The molecule has 5 heteroatoms. The van der Waals surface area contributed by atoms with Crippen LogP contribution in [0, 0.1) is 0 Å². The number of nitrogens with zero attached hydrogens (tertiary/aromatic N) is 2. The standard InChI is InChI=1S/C7H9N3O2/c1-6(11)10(8)12-7-3-2-4-9-5-7/h2-5H,8H2,1H3. The molecule has 0 saturated heterocycles. The zero-order valence-electron chi connectivity index (χ0n) is 6.60. The highest BCUT2D eigenvalue weighted by molar-refractivity contribution is 5.71. The van der Waals surface area contributed by atoms with Crippen LogP contribution in [0.25, 0.3) is 0 Å². The molecule has 0 fully saturated rings. The normalized spacial score (nSPS) is 9.17. The number of rotatable bonds is 2. The molecule has 12 heavy (non-hydrogen) atoms. The molecule has 0 spiro atoms. The summed E-state index contributed by atoms with van der Waals surface area (Å²) < 4.78 is 0. The first-order chi connectivity index (χ1) is 5.70. The van der Waals surface area contributed by atoms with Gasteiger partial charge >= 0.3 is 0 Å². The molecular weight excluding hydrogens is 158 g/mol. The number of carbonyl (C=O) groups is 1. The highest BCUT2D eigenvalue weighted by atomic mass is 16.7. The Morgan fingerprint density at radius 2 is 2.50 bits per heavy atom. The van der Waals surface area contributed by atoms with Crippen LogP contribution < -0.4 is 10.7 Å². The highest BCUT2D eigenvalue weighted by Crippen LogP contribution is 2.06. The van der Waals surface area contributed by atoms with Crippen LogP contribution in [0.3, 0.4) is 0 Å². The Hall–Kier alpha value is -1.62. The van der Waals surface area contributed by atoms with Crippen molar-refractivity contribution < 1.29 is 9.63 Å². The predicted octanol–water partition coefficient (Wildman–Crippen LogP) is 0.0976. The van der Waals surface area contributed by atoms with Crippen molar-refractivity contribution in [2.24, 2.45) is 5.84 Å². The van der Waals surface area contributed by atoms with Gasteiger partial charge in [0.1, 0.15) is 0 Å². The first-order valence-electron chi connectivity index (χ1n) is 3.33. The Morgan fingerprint density at radius 3 is 3.00 bits per heavy atom. The highest BCUT2D eigenvalue weighted by Gasteiger charge is 2.03. The molecule has 0 aromatic carbocycles. The Kier molecular flexibility index (Phi) is 2.60. The first kappa shape index (κ1) is 8.48. The average Bonchev–Trinajstić information content (AvgIpc) is 2.06. The lowest BCUT2D eigenvalue weighted by Gasteiger charge is -2.13. The number of amides is 1. The van der Waals surface area contributed by atoms with Gasteiger partial charge in [-0.05, 0) is 12.1 Å². The van der Waals surface area contributed by atoms with Crippen molar-refractivity contribution in [2.45, 2.75) is 6.92 Å². The number of aromatic nitrogens is 1. The predicted molar refractivity (Wildman–Crippen MR) is 41.6 cm³/mol. The van der Waals surface area contributed by atoms with Crippen molar-refractivity contribution in [1.82, 2.24) is 10.2 Å². The molecule has 64 valence electrons. The van der Waals surface area contributed by atoms with Crippen LogP contribution >= 0.6 is 0 Å². The summed E-state index contributed by atoms with van der Waals surface area (Å²) in [5.74, 6) is 5.23. The fourth-order valence-corrected chi connectivity index (χ4v) is 0.579. The lowest BCUT2D eigenvalue weighted by Crippen LogP contribution is -2.38. The minimum absolute atomic E-state index is 0.376. The Morgan fingerprint density at radius 1 is 1.75 bits per heavy atom. The third-order valence-electron chi connectivity index (χ3n) is 1.15. The number of hydrogen-bond donors (Lipinski definition) is 1. The van der Waals surface area contributed by atoms with E-state index in [1.54, 1.807) is 18.3 Å². The number of nitrogens with two attached hydrogens (primary N) is 1. The second kappa shape index (κ2) is 3.68. The molecule has 0 aliphatic heterocycles. The van der Waals surface area contributed by atoms with Gasteiger partial charge in [-0.3, -0.25) is 9.78 Å². The summed E-state index contributed by atoms with van der Waals surface area (Å²) in [6.45, 7) is 1.30. The molecule has 0 radical (unpaired) electrons. The molecule has 0 saturated carbocycles. The fraction of sp³-hybridized carbons (Fsp3) is 0.143. The van der Waals surface area contributed by atoms with Gasteiger partial charge in [0.05, 0.1) is 6.20 Å². The van der Waals surface area contributed by atoms with Crippen LogP contribution in [0.5, 0.6) is 5.75 Å². The Labute approximate surface area is 69.7 Å². The molecule has 1 rings (SSSR count). The van der Waals surface area contributed by atoms with Crippen LogP contribution in [0.4, 0.5) is 0 Å². The summed E-state index contributed by atoms with van der Waals surface area (Å²) in [5, 5.41) is 0.650. The van der Waals surface area contributed by atoms with Gasteiger partial charge in [0.2, 0.25) is 0 Å². The van der Waals surface area contributed by atoms with E-state index < -0.39 is 0 Å². The lowest BCUT2D eigenvalue weighted by atomic mass is 10.5. The SMILES string of the molecule is CC(=O)N(N)Oc1cccnc1. The number of carbonyl (C=O) groups excluding carboxylic acids is 1. The van der Waals surface area contributed by atoms with E-state index in [1.807, 2.05) is 0 Å². The van der Waals surface area contributed by atoms with Crippen molar-refractivity contribution in [3.05, 3.63) is 24.5 Å². The second-order valence-corrected chi connectivity index (χ2v) is 2.12. The molecule has 0 aliphatic carbocycles. The minimum Gasteiger partial charge on any atom is -0.360 e. The molecular formula is C7H9N3O2. The summed E-state index contributed by atoms with van der Waals surface area (Å²) in [5.41, 5.74) is 0. The van der Waals surface area contributed by atoms with Crippen molar-refractivity contribution >= 4 is 5.91 Å². The molecule has 5 nitrogen and oxygen atoms in total. The van der Waals surface area contributed by atoms with E-state index in [-0.39, 0.29) is 5.91 Å². The molecule has 1 aromatic rings. The summed E-state index contributed by atoms with van der Waals surface area (Å²) in [6, 6.07) is 3.33. The van der Waals surface area contributed by atoms with Crippen molar-refractivity contribution in [1.29, 1.82) is 0 Å². The fourth-order valence-electron chi connectivity index (χ4n) is 0.579. The van der Waals surface area contributed by atoms with E-state index in [2.05, 4.69) is 4.98 Å². The van der Waals surface area contributed by atoms with Gasteiger partial charge in [-0.1, -0.05) is 0 Å². The van der Waals surface area contributed by atoms with Crippen LogP contribution in [-0.4, -0.2) is 16.1 Å². The third kappa shape index (κ3) is 2.21. The summed E-state index contributed by atoms with van der Waals surface area (Å²) in [4.78, 5) is 19.3. The molecule has 1 amide bonds. The van der Waals surface area contributed by atoms with E-state index in [1.165, 1.54) is 13.1 Å². The Balaban J connectivity index is 2.58. The molecule has 0 unspecified atom stereocenters. The van der Waals surface area contributed by atoms with E-state index in [9.17, 15) is 4.79 Å². The first-order valence-corrected chi connectivity index (χ1v) is 3.33. The van der Waals surface area contributed by atoms with Gasteiger partial charge in [0.15, 0.2) is 5.75 Å². The Bertz CT molecular complexity index is 263. The average molecular weight is 167 g/mol. The van der Waals surface area contributed by atoms with Gasteiger partial charge in [-0.15, -0.1) is 5.17 Å². The maximum atomic E-state index is 10.6. The third-order valence-corrected chi connectivity index (χ3v) is 1.15. The van der Waals surface area contributed by atoms with Crippen LogP contribution in [0.15, 0.2) is 24.5 Å². The molecule has 1 aromatic heterocycles. The summed E-state index contributed by atoms with van der Waals surface area (Å²) in [7, 11) is 0. The van der Waals surface area contributed by atoms with Crippen molar-refractivity contribution in [3.63, 3.8) is 0 Å². The molecule has 0 bridgehead atoms. The number of hydrogen-bond acceptors (Lipinski definition) is 4. The maximum absolute atomic E-state index is 10.6. The van der Waals surface area contributed by atoms with Crippen LogP contribution in [0.1, 0.15) is 6.92 Å². The summed E-state index contributed by atoms with van der Waals surface area (Å²) >= 11 is 0. The van der Waals surface area contributed by atoms with E-state index in [0.29, 0.717) is 10.9 Å². The topological polar surface area (TPSA) is 68.5 Å². The molecule has 1 heterocycles. The summed E-state index contributed by atoms with van der Waals surface area (Å²) in [6.07, 6.45) is 3.06. The largest absolute Gasteiger partial charge is 0.360 e. The smallest absolute Gasteiger partial charge is 0.269 e. The molecule has 0 atom stereocenters. The number of pyridine rings is 1. The number of hydrazine groups is 1. The molecule has 0 aliphatic rings. The zero-order chi connectivity index (χ0) is 8.97. The van der Waals surface area contributed by atoms with Crippen molar-refractivity contribution in [3.8, 4) is 5.75 Å². The quantitative estimate of drug-likeness (QED) is 0.385. The van der Waals surface area contributed by atoms with Gasteiger partial charge in [0.25, 0.3) is 5.91 Å². The lowest BCUT2D eigenvalue weighted by molar-refractivity contribution is -0.155. The van der Waals surface area contributed by atoms with Crippen LogP contribution in [-0.2, 0) is 4.79 Å². The zero-order valence-corrected chi connectivity index (χ0v) is 6.60. The number of hydroxylamine groups is 1. The van der Waals surface area contributed by atoms with E-state index in [4.69, 9.17) is 10.7 Å². The van der Waals surface area contributed by atoms with Gasteiger partial charge in [0, 0.05) is 13.1 Å². The van der Waals surface area contributed by atoms with Gasteiger partial charge in [-0.2, -0.15) is 0 Å². The minimum atomic E-state index is -0.376. The van der Waals surface area contributed by atoms with E-state index >= 15 is 0 Å².